The van der Waals surface area contributed by atoms with E-state index in [4.69, 9.17) is 21.1 Å². The number of nitrogens with one attached hydrogen (secondary N) is 1. The summed E-state index contributed by atoms with van der Waals surface area (Å²) in [4.78, 5) is 35.1. The van der Waals surface area contributed by atoms with Gasteiger partial charge in [0, 0.05) is 51.4 Å². The molecule has 0 aliphatic carbocycles. The molecule has 45 heavy (non-hydrogen) atoms. The molecule has 1 aromatic heterocycles. The first-order valence-corrected chi connectivity index (χ1v) is 16.2. The maximum absolute atomic E-state index is 13.7. The molecule has 248 valence electrons. The Morgan fingerprint density at radius 3 is 2.36 bits per heavy atom. The first-order chi connectivity index (χ1) is 21.3. The first kappa shape index (κ1) is 36.3. The third-order valence-corrected chi connectivity index (χ3v) is 8.81. The normalized spacial score (nSPS) is 17.6. The van der Waals surface area contributed by atoms with Crippen molar-refractivity contribution in [1.29, 1.82) is 0 Å². The van der Waals surface area contributed by atoms with Gasteiger partial charge < -0.3 is 24.3 Å². The van der Waals surface area contributed by atoms with Crippen LogP contribution in [-0.4, -0.2) is 76.8 Å². The van der Waals surface area contributed by atoms with Crippen molar-refractivity contribution in [3.8, 4) is 0 Å². The Kier molecular flexibility index (Phi) is 12.9. The summed E-state index contributed by atoms with van der Waals surface area (Å²) in [6.45, 7) is 16.8. The molecule has 1 aliphatic heterocycles. The van der Waals surface area contributed by atoms with Crippen molar-refractivity contribution < 1.29 is 19.1 Å². The maximum atomic E-state index is 13.7. The topological polar surface area (TPSA) is 88.9 Å². The van der Waals surface area contributed by atoms with E-state index in [1.165, 1.54) is 0 Å². The number of piperazine rings is 1. The zero-order valence-electron chi connectivity index (χ0n) is 28.5. The molecule has 0 radical (unpaired) electrons. The Morgan fingerprint density at radius 1 is 1.13 bits per heavy atom. The number of aryl methyl sites for hydroxylation is 1. The van der Waals surface area contributed by atoms with E-state index < -0.39 is 11.6 Å². The van der Waals surface area contributed by atoms with Gasteiger partial charge in [0.15, 0.2) is 0 Å². The third-order valence-electron chi connectivity index (χ3n) is 8.57. The number of halogens is 1. The Balaban J connectivity index is 2.01. The molecular weight excluding hydrogens is 590 g/mol. The molecule has 0 bridgehead atoms. The summed E-state index contributed by atoms with van der Waals surface area (Å²) >= 11 is 6.67. The minimum atomic E-state index is -0.991. The van der Waals surface area contributed by atoms with Gasteiger partial charge in [-0.1, -0.05) is 63.6 Å². The van der Waals surface area contributed by atoms with Gasteiger partial charge in [0.25, 0.3) is 5.91 Å². The van der Waals surface area contributed by atoms with Gasteiger partial charge in [0.2, 0.25) is 0 Å². The number of methoxy groups -OCH3 is 1. The van der Waals surface area contributed by atoms with Crippen LogP contribution in [0, 0.1) is 5.41 Å². The molecule has 3 atom stereocenters. The van der Waals surface area contributed by atoms with Crippen LogP contribution in [0.3, 0.4) is 0 Å². The summed E-state index contributed by atoms with van der Waals surface area (Å²) in [5, 5.41) is 3.89. The summed E-state index contributed by atoms with van der Waals surface area (Å²) in [6.07, 6.45) is 10.8. The fraction of sp³-hybridized carbons (Fsp3) is 0.571. The monoisotopic (exact) mass is 641 g/mol. The third kappa shape index (κ3) is 9.21. The quantitative estimate of drug-likeness (QED) is 0.252. The highest BCUT2D eigenvalue weighted by atomic mass is 35.5. The lowest BCUT2D eigenvalue weighted by Crippen LogP contribution is -2.50. The second-order valence-corrected chi connectivity index (χ2v) is 13.5. The minimum Gasteiger partial charge on any atom is -0.449 e. The van der Waals surface area contributed by atoms with Crippen molar-refractivity contribution in [2.24, 2.45) is 12.5 Å². The Bertz CT molecular complexity index is 1350. The highest BCUT2D eigenvalue weighted by Crippen LogP contribution is 2.39. The average molecular weight is 642 g/mol. The predicted molar refractivity (Wildman–Crippen MR) is 181 cm³/mol. The van der Waals surface area contributed by atoms with Gasteiger partial charge in [-0.2, -0.15) is 0 Å². The van der Waals surface area contributed by atoms with Crippen LogP contribution in [-0.2, 0) is 21.3 Å². The Hall–Kier alpha value is -3.14. The molecule has 0 saturated carbocycles. The lowest BCUT2D eigenvalue weighted by Gasteiger charge is -2.40. The highest BCUT2D eigenvalue weighted by Gasteiger charge is 2.36. The molecule has 9 nitrogen and oxygen atoms in total. The van der Waals surface area contributed by atoms with Gasteiger partial charge in [-0.25, -0.2) is 9.78 Å². The zero-order chi connectivity index (χ0) is 33.4. The second kappa shape index (κ2) is 15.9. The molecule has 1 aliphatic rings. The summed E-state index contributed by atoms with van der Waals surface area (Å²) < 4.78 is 13.2. The standard InChI is InChI=1S/C35H52ClN5O4/c1-10-13-14-29(40-17-19-41(20-18-40)33(43)45-23-34(4,5)6)27-16-15-25(36)21-28(27)26(11-2)31(30-22-37-24-39(30)8)38-32(42)35(7,12-3)44-9/h10-11,13,15-16,21-22,24,29,31H,12,14,17-20,23H2,1-9H3,(H,38,42)/b13-10-,26-11+/t29-,31-,35?/m1/s1. The summed E-state index contributed by atoms with van der Waals surface area (Å²) in [5.41, 5.74) is 2.72. The number of rotatable bonds is 12. The fourth-order valence-corrected chi connectivity index (χ4v) is 5.68. The van der Waals surface area contributed by atoms with Crippen molar-refractivity contribution in [3.05, 3.63) is 70.8 Å². The zero-order valence-corrected chi connectivity index (χ0v) is 29.3. The number of aromatic nitrogens is 2. The van der Waals surface area contributed by atoms with E-state index in [0.717, 1.165) is 28.8 Å². The van der Waals surface area contributed by atoms with E-state index in [2.05, 4.69) is 54.2 Å². The van der Waals surface area contributed by atoms with Gasteiger partial charge >= 0.3 is 6.09 Å². The molecule has 1 aromatic carbocycles. The Labute approximate surface area is 274 Å². The van der Waals surface area contributed by atoms with E-state index in [-0.39, 0.29) is 23.5 Å². The lowest BCUT2D eigenvalue weighted by atomic mass is 9.87. The van der Waals surface area contributed by atoms with Crippen LogP contribution in [0.15, 0.2) is 49.0 Å². The number of allylic oxidation sites excluding steroid dienone is 2. The van der Waals surface area contributed by atoms with Crippen LogP contribution >= 0.6 is 11.6 Å². The van der Waals surface area contributed by atoms with E-state index in [0.29, 0.717) is 44.2 Å². The molecule has 1 N–H and O–H groups in total. The van der Waals surface area contributed by atoms with Gasteiger partial charge in [0.1, 0.15) is 5.60 Å². The first-order valence-electron chi connectivity index (χ1n) is 15.8. The molecule has 1 saturated heterocycles. The number of benzene rings is 1. The van der Waals surface area contributed by atoms with Crippen molar-refractivity contribution in [2.75, 3.05) is 39.9 Å². The molecule has 2 amide bonds. The van der Waals surface area contributed by atoms with Gasteiger partial charge in [0.05, 0.1) is 30.9 Å². The lowest BCUT2D eigenvalue weighted by molar-refractivity contribution is -0.142. The number of imidazole rings is 1. The summed E-state index contributed by atoms with van der Waals surface area (Å²) in [6, 6.07) is 5.50. The van der Waals surface area contributed by atoms with E-state index >= 15 is 0 Å². The van der Waals surface area contributed by atoms with Crippen LogP contribution in [0.2, 0.25) is 5.02 Å². The largest absolute Gasteiger partial charge is 0.449 e. The van der Waals surface area contributed by atoms with Crippen molar-refractivity contribution in [2.45, 2.75) is 79.0 Å². The van der Waals surface area contributed by atoms with Crippen LogP contribution in [0.1, 0.15) is 90.2 Å². The SMILES string of the molecule is C/C=C\C[C@H](c1ccc(Cl)cc1/C(=C\C)[C@@H](NC(=O)C(C)(CC)OC)c1cncn1C)N1CCN(C(=O)OCC(C)(C)C)CC1. The van der Waals surface area contributed by atoms with Crippen molar-refractivity contribution in [3.63, 3.8) is 0 Å². The fourth-order valence-electron chi connectivity index (χ4n) is 5.51. The molecular formula is C35H52ClN5O4. The van der Waals surface area contributed by atoms with Crippen LogP contribution in [0.5, 0.6) is 0 Å². The smallest absolute Gasteiger partial charge is 0.409 e. The molecule has 1 fully saturated rings. The highest BCUT2D eigenvalue weighted by molar-refractivity contribution is 6.30. The number of hydrogen-bond donors (Lipinski definition) is 1. The van der Waals surface area contributed by atoms with Gasteiger partial charge in [-0.3, -0.25) is 9.69 Å². The van der Waals surface area contributed by atoms with E-state index in [9.17, 15) is 9.59 Å². The van der Waals surface area contributed by atoms with Gasteiger partial charge in [-0.15, -0.1) is 0 Å². The van der Waals surface area contributed by atoms with E-state index in [1.807, 2.05) is 50.6 Å². The predicted octanol–water partition coefficient (Wildman–Crippen LogP) is 6.96. The summed E-state index contributed by atoms with van der Waals surface area (Å²) in [5.74, 6) is -0.207. The number of carbonyl (C=O) groups is 2. The number of amides is 2. The van der Waals surface area contributed by atoms with Crippen LogP contribution in [0.4, 0.5) is 4.79 Å². The summed E-state index contributed by atoms with van der Waals surface area (Å²) in [7, 11) is 3.48. The number of carbonyl (C=O) groups excluding carboxylic acids is 2. The average Bonchev–Trinajstić information content (AvgIpc) is 3.45. The molecule has 3 rings (SSSR count). The van der Waals surface area contributed by atoms with Gasteiger partial charge in [-0.05, 0) is 67.9 Å². The maximum Gasteiger partial charge on any atom is 0.409 e. The molecule has 2 heterocycles. The number of hydrogen-bond acceptors (Lipinski definition) is 6. The molecule has 2 aromatic rings. The molecule has 10 heteroatoms. The van der Waals surface area contributed by atoms with Crippen LogP contribution in [0.25, 0.3) is 5.57 Å². The molecule has 0 spiro atoms. The van der Waals surface area contributed by atoms with E-state index in [1.54, 1.807) is 31.5 Å². The number of nitrogens with zero attached hydrogens (tertiary/aromatic N) is 4. The second-order valence-electron chi connectivity index (χ2n) is 13.1. The van der Waals surface area contributed by atoms with Crippen molar-refractivity contribution in [1.82, 2.24) is 24.7 Å². The number of ether oxygens (including phenoxy) is 2. The van der Waals surface area contributed by atoms with Crippen LogP contribution < -0.4 is 5.32 Å². The Morgan fingerprint density at radius 2 is 1.82 bits per heavy atom. The minimum absolute atomic E-state index is 0.0129. The van der Waals surface area contributed by atoms with Crippen molar-refractivity contribution >= 4 is 29.2 Å². The molecule has 1 unspecified atom stereocenters.